The number of benzene rings is 2. The Morgan fingerprint density at radius 2 is 1.85 bits per heavy atom. The number of hydrogen-bond acceptors (Lipinski definition) is 6. The third kappa shape index (κ3) is 7.73. The first kappa shape index (κ1) is 25.0. The van der Waals surface area contributed by atoms with Crippen LogP contribution in [0.1, 0.15) is 25.3 Å². The number of nitro groups is 1. The maximum absolute atomic E-state index is 12.8. The molecule has 0 spiro atoms. The zero-order chi connectivity index (χ0) is 24.5. The highest BCUT2D eigenvalue weighted by Crippen LogP contribution is 2.30. The number of rotatable bonds is 13. The van der Waals surface area contributed by atoms with Gasteiger partial charge in [0.2, 0.25) is 0 Å². The summed E-state index contributed by atoms with van der Waals surface area (Å²) in [5.41, 5.74) is 1.27. The predicted molar refractivity (Wildman–Crippen MR) is 125 cm³/mol. The Hall–Kier alpha value is -3.66. The number of amides is 2. The molecule has 0 saturated heterocycles. The molecule has 1 unspecified atom stereocenters. The van der Waals surface area contributed by atoms with E-state index >= 15 is 0 Å². The molecule has 1 fully saturated rings. The molecular formula is C24H29N3O7. The van der Waals surface area contributed by atoms with Crippen LogP contribution in [0.25, 0.3) is 0 Å². The molecule has 10 heteroatoms. The van der Waals surface area contributed by atoms with Gasteiger partial charge >= 0.3 is 12.0 Å². The zero-order valence-electron chi connectivity index (χ0n) is 19.0. The second-order valence-corrected chi connectivity index (χ2v) is 8.10. The predicted octanol–water partition coefficient (Wildman–Crippen LogP) is 3.95. The minimum Gasteiger partial charge on any atom is -0.492 e. The smallest absolute Gasteiger partial charge is 0.333 e. The Bertz CT molecular complexity index is 975. The zero-order valence-corrected chi connectivity index (χ0v) is 19.0. The summed E-state index contributed by atoms with van der Waals surface area (Å²) in [5, 5.41) is 22.8. The largest absolute Gasteiger partial charge is 0.492 e. The van der Waals surface area contributed by atoms with Crippen LogP contribution in [0.15, 0.2) is 48.5 Å². The van der Waals surface area contributed by atoms with E-state index in [9.17, 15) is 24.8 Å². The van der Waals surface area contributed by atoms with Crippen molar-refractivity contribution >= 4 is 23.4 Å². The molecule has 2 aromatic carbocycles. The lowest BCUT2D eigenvalue weighted by atomic mass is 10.1. The molecule has 1 atom stereocenters. The van der Waals surface area contributed by atoms with Gasteiger partial charge in [0, 0.05) is 37.4 Å². The number of carbonyl (C=O) groups is 2. The number of carboxylic acid groups (broad SMARTS) is 1. The van der Waals surface area contributed by atoms with Crippen LogP contribution in [0.5, 0.6) is 5.75 Å². The molecule has 3 rings (SSSR count). The van der Waals surface area contributed by atoms with Gasteiger partial charge in [-0.3, -0.25) is 10.1 Å². The number of nitro benzene ring substituents is 1. The van der Waals surface area contributed by atoms with Crippen molar-refractivity contribution in [3.8, 4) is 5.75 Å². The Labute approximate surface area is 197 Å². The second kappa shape index (κ2) is 12.0. The molecule has 1 aliphatic rings. The number of carbonyl (C=O) groups excluding carboxylic acids is 1. The van der Waals surface area contributed by atoms with E-state index in [2.05, 4.69) is 5.32 Å². The summed E-state index contributed by atoms with van der Waals surface area (Å²) in [5.74, 6) is 0.105. The SMILES string of the molecule is CCOC(Cc1ccc(OCCN(CC2CC2)C(=O)Nc2ccc([N+](=O)[O-])cc2)cc1)C(=O)O. The Kier molecular flexibility index (Phi) is 8.80. The summed E-state index contributed by atoms with van der Waals surface area (Å²) >= 11 is 0. The van der Waals surface area contributed by atoms with E-state index in [0.29, 0.717) is 37.1 Å². The van der Waals surface area contributed by atoms with Gasteiger partial charge in [0.1, 0.15) is 12.4 Å². The fraction of sp³-hybridized carbons (Fsp3) is 0.417. The molecule has 0 aromatic heterocycles. The molecule has 1 saturated carbocycles. The van der Waals surface area contributed by atoms with E-state index in [-0.39, 0.29) is 24.7 Å². The molecule has 34 heavy (non-hydrogen) atoms. The first-order chi connectivity index (χ1) is 16.4. The van der Waals surface area contributed by atoms with Crippen LogP contribution in [-0.2, 0) is 16.0 Å². The molecule has 2 aromatic rings. The van der Waals surface area contributed by atoms with Gasteiger partial charge in [-0.2, -0.15) is 0 Å². The monoisotopic (exact) mass is 471 g/mol. The number of nitrogens with zero attached hydrogens (tertiary/aromatic N) is 2. The first-order valence-electron chi connectivity index (χ1n) is 11.2. The number of ether oxygens (including phenoxy) is 2. The van der Waals surface area contributed by atoms with Crippen LogP contribution in [0.4, 0.5) is 16.2 Å². The van der Waals surface area contributed by atoms with Crippen LogP contribution >= 0.6 is 0 Å². The molecule has 0 bridgehead atoms. The van der Waals surface area contributed by atoms with Crippen molar-refractivity contribution in [1.82, 2.24) is 4.90 Å². The third-order valence-corrected chi connectivity index (χ3v) is 5.41. The van der Waals surface area contributed by atoms with Crippen LogP contribution in [0, 0.1) is 16.0 Å². The number of anilines is 1. The highest BCUT2D eigenvalue weighted by atomic mass is 16.6. The topological polar surface area (TPSA) is 131 Å². The highest BCUT2D eigenvalue weighted by Gasteiger charge is 2.27. The van der Waals surface area contributed by atoms with E-state index in [4.69, 9.17) is 9.47 Å². The summed E-state index contributed by atoms with van der Waals surface area (Å²) in [6.45, 7) is 3.37. The maximum Gasteiger partial charge on any atom is 0.333 e. The first-order valence-corrected chi connectivity index (χ1v) is 11.2. The van der Waals surface area contributed by atoms with Gasteiger partial charge in [-0.25, -0.2) is 9.59 Å². The summed E-state index contributed by atoms with van der Waals surface area (Å²) in [6, 6.07) is 12.6. The fourth-order valence-corrected chi connectivity index (χ4v) is 3.39. The van der Waals surface area contributed by atoms with E-state index in [0.717, 1.165) is 18.4 Å². The van der Waals surface area contributed by atoms with Gasteiger partial charge in [-0.1, -0.05) is 12.1 Å². The number of non-ortho nitro benzene ring substituents is 1. The van der Waals surface area contributed by atoms with Crippen molar-refractivity contribution in [2.45, 2.75) is 32.3 Å². The second-order valence-electron chi connectivity index (χ2n) is 8.10. The van der Waals surface area contributed by atoms with E-state index < -0.39 is 17.0 Å². The maximum atomic E-state index is 12.8. The third-order valence-electron chi connectivity index (χ3n) is 5.41. The van der Waals surface area contributed by atoms with Gasteiger partial charge in [0.05, 0.1) is 11.5 Å². The molecule has 2 N–H and O–H groups in total. The Morgan fingerprint density at radius 3 is 2.41 bits per heavy atom. The lowest BCUT2D eigenvalue weighted by Gasteiger charge is -2.23. The molecular weight excluding hydrogens is 442 g/mol. The summed E-state index contributed by atoms with van der Waals surface area (Å²) in [4.78, 5) is 36.0. The number of hydrogen-bond donors (Lipinski definition) is 2. The number of nitrogens with one attached hydrogen (secondary N) is 1. The molecule has 182 valence electrons. The normalized spacial score (nSPS) is 13.7. The molecule has 0 heterocycles. The van der Waals surface area contributed by atoms with Crippen molar-refractivity contribution in [3.05, 3.63) is 64.2 Å². The van der Waals surface area contributed by atoms with Crippen molar-refractivity contribution in [3.63, 3.8) is 0 Å². The minimum absolute atomic E-state index is 0.0383. The van der Waals surface area contributed by atoms with Crippen LogP contribution in [0.3, 0.4) is 0 Å². The van der Waals surface area contributed by atoms with Crippen molar-refractivity contribution in [1.29, 1.82) is 0 Å². The van der Waals surface area contributed by atoms with E-state index in [1.807, 2.05) is 0 Å². The lowest BCUT2D eigenvalue weighted by Crippen LogP contribution is -2.39. The summed E-state index contributed by atoms with van der Waals surface area (Å²) < 4.78 is 11.0. The van der Waals surface area contributed by atoms with Gasteiger partial charge < -0.3 is 24.8 Å². The number of carboxylic acids is 1. The molecule has 1 aliphatic carbocycles. The Morgan fingerprint density at radius 1 is 1.18 bits per heavy atom. The average Bonchev–Trinajstić information content (AvgIpc) is 3.63. The minimum atomic E-state index is -0.995. The van der Waals surface area contributed by atoms with Gasteiger partial charge in [0.25, 0.3) is 5.69 Å². The molecule has 0 radical (unpaired) electrons. The van der Waals surface area contributed by atoms with Gasteiger partial charge in [-0.15, -0.1) is 0 Å². The summed E-state index contributed by atoms with van der Waals surface area (Å²) in [6.07, 6.45) is 1.55. The van der Waals surface area contributed by atoms with Gasteiger partial charge in [-0.05, 0) is 55.5 Å². The Balaban J connectivity index is 1.51. The van der Waals surface area contributed by atoms with Crippen LogP contribution in [-0.4, -0.2) is 59.3 Å². The quantitative estimate of drug-likeness (QED) is 0.334. The van der Waals surface area contributed by atoms with Crippen LogP contribution < -0.4 is 10.1 Å². The van der Waals surface area contributed by atoms with Gasteiger partial charge in [0.15, 0.2) is 6.10 Å². The molecule has 10 nitrogen and oxygen atoms in total. The van der Waals surface area contributed by atoms with Crippen molar-refractivity contribution in [2.24, 2.45) is 5.92 Å². The lowest BCUT2D eigenvalue weighted by molar-refractivity contribution is -0.384. The van der Waals surface area contributed by atoms with E-state index in [1.54, 1.807) is 36.1 Å². The number of urea groups is 1. The highest BCUT2D eigenvalue weighted by molar-refractivity contribution is 5.89. The van der Waals surface area contributed by atoms with Crippen molar-refractivity contribution in [2.75, 3.05) is 31.6 Å². The average molecular weight is 472 g/mol. The van der Waals surface area contributed by atoms with E-state index in [1.165, 1.54) is 24.3 Å². The van der Waals surface area contributed by atoms with Crippen molar-refractivity contribution < 1.29 is 29.1 Å². The summed E-state index contributed by atoms with van der Waals surface area (Å²) in [7, 11) is 0. The molecule has 0 aliphatic heterocycles. The number of aliphatic carboxylic acids is 1. The van der Waals surface area contributed by atoms with Crippen LogP contribution in [0.2, 0.25) is 0 Å². The molecule has 2 amide bonds. The fourth-order valence-electron chi connectivity index (χ4n) is 3.39. The standard InChI is InChI=1S/C24H29N3O7/c1-2-33-22(23(28)29)15-17-5-11-21(12-6-17)34-14-13-26(16-18-3-4-18)24(30)25-19-7-9-20(10-8-19)27(31)32/h5-12,18,22H,2-4,13-16H2,1H3,(H,25,30)(H,28,29).